The lowest BCUT2D eigenvalue weighted by atomic mass is 10.2. The van der Waals surface area contributed by atoms with E-state index in [1.165, 1.54) is 4.68 Å². The summed E-state index contributed by atoms with van der Waals surface area (Å²) in [6.07, 6.45) is 0. The number of hydrogen-bond donors (Lipinski definition) is 2. The first-order valence-corrected chi connectivity index (χ1v) is 6.62. The second-order valence-corrected chi connectivity index (χ2v) is 5.34. The van der Waals surface area contributed by atoms with E-state index < -0.39 is 0 Å². The molecule has 0 aliphatic heterocycles. The number of rotatable bonds is 2. The van der Waals surface area contributed by atoms with Crippen LogP contribution in [0.25, 0.3) is 0 Å². The van der Waals surface area contributed by atoms with Gasteiger partial charge in [0.15, 0.2) is 0 Å². The summed E-state index contributed by atoms with van der Waals surface area (Å²) in [4.78, 5) is 12.2. The zero-order valence-electron chi connectivity index (χ0n) is 10.4. The number of aromatic nitrogens is 2. The van der Waals surface area contributed by atoms with Crippen molar-refractivity contribution >= 4 is 44.8 Å². The Balaban J connectivity index is 2.33. The molecule has 3 N–H and O–H groups in total. The van der Waals surface area contributed by atoms with Crippen LogP contribution in [-0.2, 0) is 7.05 Å². The van der Waals surface area contributed by atoms with Crippen LogP contribution in [0, 0.1) is 6.92 Å². The Hall–Kier alpha value is -1.53. The van der Waals surface area contributed by atoms with E-state index in [4.69, 9.17) is 17.3 Å². The Morgan fingerprint density at radius 3 is 2.79 bits per heavy atom. The first-order chi connectivity index (χ1) is 8.90. The Bertz CT molecular complexity index is 653. The number of halogens is 2. The second-order valence-electron chi connectivity index (χ2n) is 4.05. The van der Waals surface area contributed by atoms with Gasteiger partial charge >= 0.3 is 0 Å². The van der Waals surface area contributed by atoms with E-state index >= 15 is 0 Å². The lowest BCUT2D eigenvalue weighted by Gasteiger charge is -2.08. The van der Waals surface area contributed by atoms with Crippen molar-refractivity contribution in [3.63, 3.8) is 0 Å². The van der Waals surface area contributed by atoms with Crippen LogP contribution in [0.3, 0.4) is 0 Å². The summed E-state index contributed by atoms with van der Waals surface area (Å²) in [7, 11) is 1.67. The molecule has 1 aromatic carbocycles. The van der Waals surface area contributed by atoms with Gasteiger partial charge in [0, 0.05) is 16.5 Å². The molecule has 19 heavy (non-hydrogen) atoms. The number of anilines is 2. The molecule has 2 rings (SSSR count). The van der Waals surface area contributed by atoms with Gasteiger partial charge in [-0.1, -0.05) is 11.6 Å². The predicted octanol–water partition coefficient (Wildman–Crippen LogP) is 2.98. The summed E-state index contributed by atoms with van der Waals surface area (Å²) in [5, 5.41) is 7.39. The third kappa shape index (κ3) is 2.74. The fourth-order valence-corrected chi connectivity index (χ4v) is 2.24. The smallest absolute Gasteiger partial charge is 0.276 e. The van der Waals surface area contributed by atoms with Crippen molar-refractivity contribution in [1.29, 1.82) is 0 Å². The van der Waals surface area contributed by atoms with E-state index in [1.807, 2.05) is 0 Å². The molecule has 1 amide bonds. The molecule has 7 heteroatoms. The summed E-state index contributed by atoms with van der Waals surface area (Å²) >= 11 is 9.25. The molecular weight excluding hydrogens is 332 g/mol. The van der Waals surface area contributed by atoms with Gasteiger partial charge in [0.2, 0.25) is 0 Å². The van der Waals surface area contributed by atoms with E-state index in [0.717, 1.165) is 4.47 Å². The van der Waals surface area contributed by atoms with Crippen LogP contribution in [0.2, 0.25) is 5.02 Å². The highest BCUT2D eigenvalue weighted by Gasteiger charge is 2.18. The van der Waals surface area contributed by atoms with Gasteiger partial charge in [0.1, 0.15) is 5.69 Å². The van der Waals surface area contributed by atoms with Gasteiger partial charge < -0.3 is 11.1 Å². The SMILES string of the molecule is Cc1nn(C)c(C(=O)Nc2cc(Cl)ccc2Br)c1N. The molecule has 0 saturated carbocycles. The van der Waals surface area contributed by atoms with Crippen LogP contribution in [0.15, 0.2) is 22.7 Å². The summed E-state index contributed by atoms with van der Waals surface area (Å²) in [6, 6.07) is 5.14. The van der Waals surface area contributed by atoms with Crippen molar-refractivity contribution in [3.05, 3.63) is 39.1 Å². The van der Waals surface area contributed by atoms with Crippen molar-refractivity contribution in [2.45, 2.75) is 6.92 Å². The van der Waals surface area contributed by atoms with Gasteiger partial charge in [-0.2, -0.15) is 5.10 Å². The third-order valence-corrected chi connectivity index (χ3v) is 3.59. The molecule has 0 unspecified atom stereocenters. The first-order valence-electron chi connectivity index (χ1n) is 5.45. The van der Waals surface area contributed by atoms with Gasteiger partial charge in [-0.3, -0.25) is 9.48 Å². The van der Waals surface area contributed by atoms with E-state index in [-0.39, 0.29) is 5.91 Å². The Morgan fingerprint density at radius 2 is 2.21 bits per heavy atom. The Labute approximate surface area is 123 Å². The predicted molar refractivity (Wildman–Crippen MR) is 79.5 cm³/mol. The van der Waals surface area contributed by atoms with Crippen molar-refractivity contribution in [3.8, 4) is 0 Å². The molecule has 0 saturated heterocycles. The molecule has 1 heterocycles. The van der Waals surface area contributed by atoms with Crippen molar-refractivity contribution in [2.75, 3.05) is 11.1 Å². The zero-order valence-corrected chi connectivity index (χ0v) is 12.7. The van der Waals surface area contributed by atoms with Gasteiger partial charge in [0.25, 0.3) is 5.91 Å². The molecule has 5 nitrogen and oxygen atoms in total. The number of nitrogens with zero attached hydrogens (tertiary/aromatic N) is 2. The third-order valence-electron chi connectivity index (χ3n) is 2.66. The molecule has 100 valence electrons. The van der Waals surface area contributed by atoms with Crippen molar-refractivity contribution in [2.24, 2.45) is 7.05 Å². The van der Waals surface area contributed by atoms with Gasteiger partial charge in [-0.25, -0.2) is 0 Å². The minimum absolute atomic E-state index is 0.323. The number of nitrogens with one attached hydrogen (secondary N) is 1. The topological polar surface area (TPSA) is 72.9 Å². The maximum absolute atomic E-state index is 12.2. The van der Waals surface area contributed by atoms with Gasteiger partial charge in [0.05, 0.1) is 17.1 Å². The molecule has 0 aliphatic rings. The Morgan fingerprint density at radius 1 is 1.53 bits per heavy atom. The highest BCUT2D eigenvalue weighted by molar-refractivity contribution is 9.10. The second kappa shape index (κ2) is 5.22. The van der Waals surface area contributed by atoms with Crippen LogP contribution in [-0.4, -0.2) is 15.7 Å². The lowest BCUT2D eigenvalue weighted by molar-refractivity contribution is 0.101. The molecule has 2 aromatic rings. The standard InChI is InChI=1S/C12H12BrClN4O/c1-6-10(15)11(18(2)17-6)12(19)16-9-5-7(14)3-4-8(9)13/h3-5H,15H2,1-2H3,(H,16,19). The number of benzene rings is 1. The summed E-state index contributed by atoms with van der Waals surface area (Å²) in [5.41, 5.74) is 7.74. The number of nitrogen functional groups attached to an aromatic ring is 1. The average Bonchev–Trinajstić information content (AvgIpc) is 2.58. The van der Waals surface area contributed by atoms with Crippen LogP contribution < -0.4 is 11.1 Å². The Kier molecular flexibility index (Phi) is 3.82. The van der Waals surface area contributed by atoms with Crippen LogP contribution in [0.5, 0.6) is 0 Å². The fourth-order valence-electron chi connectivity index (χ4n) is 1.72. The largest absolute Gasteiger partial charge is 0.395 e. The molecule has 0 spiro atoms. The minimum Gasteiger partial charge on any atom is -0.395 e. The van der Waals surface area contributed by atoms with Crippen LogP contribution in [0.1, 0.15) is 16.2 Å². The van der Waals surface area contributed by atoms with Crippen LogP contribution in [0.4, 0.5) is 11.4 Å². The fraction of sp³-hybridized carbons (Fsp3) is 0.167. The molecular formula is C12H12BrClN4O. The highest BCUT2D eigenvalue weighted by Crippen LogP contribution is 2.27. The normalized spacial score (nSPS) is 10.5. The number of aryl methyl sites for hydroxylation is 2. The molecule has 0 bridgehead atoms. The van der Waals surface area contributed by atoms with Crippen molar-refractivity contribution in [1.82, 2.24) is 9.78 Å². The lowest BCUT2D eigenvalue weighted by Crippen LogP contribution is -2.18. The molecule has 0 fully saturated rings. The number of nitrogens with two attached hydrogens (primary N) is 1. The first kappa shape index (κ1) is 13.9. The molecule has 0 atom stereocenters. The zero-order chi connectivity index (χ0) is 14.2. The number of hydrogen-bond acceptors (Lipinski definition) is 3. The highest BCUT2D eigenvalue weighted by atomic mass is 79.9. The van der Waals surface area contributed by atoms with Gasteiger partial charge in [-0.15, -0.1) is 0 Å². The van der Waals surface area contributed by atoms with Crippen LogP contribution >= 0.6 is 27.5 Å². The summed E-state index contributed by atoms with van der Waals surface area (Å²) < 4.78 is 2.20. The molecule has 0 radical (unpaired) electrons. The van der Waals surface area contributed by atoms with E-state index in [1.54, 1.807) is 32.2 Å². The van der Waals surface area contributed by atoms with Crippen molar-refractivity contribution < 1.29 is 4.79 Å². The average molecular weight is 344 g/mol. The monoisotopic (exact) mass is 342 g/mol. The molecule has 1 aromatic heterocycles. The number of amides is 1. The van der Waals surface area contributed by atoms with E-state index in [9.17, 15) is 4.79 Å². The summed E-state index contributed by atoms with van der Waals surface area (Å²) in [5.74, 6) is -0.330. The maximum atomic E-state index is 12.2. The van der Waals surface area contributed by atoms with E-state index in [0.29, 0.717) is 27.8 Å². The number of carbonyl (C=O) groups excluding carboxylic acids is 1. The van der Waals surface area contributed by atoms with E-state index in [2.05, 4.69) is 26.3 Å². The van der Waals surface area contributed by atoms with Gasteiger partial charge in [-0.05, 0) is 41.1 Å². The quantitative estimate of drug-likeness (QED) is 0.880. The number of carbonyl (C=O) groups is 1. The summed E-state index contributed by atoms with van der Waals surface area (Å²) in [6.45, 7) is 1.75. The maximum Gasteiger partial charge on any atom is 0.276 e. The molecule has 0 aliphatic carbocycles. The minimum atomic E-state index is -0.330.